The lowest BCUT2D eigenvalue weighted by molar-refractivity contribution is -0.121. The first-order valence-corrected chi connectivity index (χ1v) is 21.7. The van der Waals surface area contributed by atoms with E-state index in [1.165, 1.54) is 38.5 Å². The molecule has 3 N–H and O–H groups in total. The van der Waals surface area contributed by atoms with E-state index in [0.717, 1.165) is 90.6 Å². The molecule has 4 atom stereocenters. The largest absolute Gasteiger partial charge is 0.450 e. The van der Waals surface area contributed by atoms with Crippen LogP contribution >= 0.6 is 0 Å². The van der Waals surface area contributed by atoms with E-state index in [4.69, 9.17) is 9.47 Å². The maximum absolute atomic E-state index is 12.5. The van der Waals surface area contributed by atoms with Gasteiger partial charge in [-0.2, -0.15) is 0 Å². The summed E-state index contributed by atoms with van der Waals surface area (Å²) in [6.45, 7) is 11.3. The number of hydrogen-bond acceptors (Lipinski definition) is 9. The third-order valence-electron chi connectivity index (χ3n) is 13.2. The van der Waals surface area contributed by atoms with E-state index in [0.29, 0.717) is 81.4 Å². The first-order chi connectivity index (χ1) is 26.8. The lowest BCUT2D eigenvalue weighted by atomic mass is 9.89. The minimum atomic E-state index is -0.301. The molecule has 2 aliphatic carbocycles. The molecule has 0 aromatic heterocycles. The van der Waals surface area contributed by atoms with Crippen molar-refractivity contribution in [2.45, 2.75) is 159 Å². The van der Waals surface area contributed by atoms with Crippen molar-refractivity contribution in [3.05, 3.63) is 0 Å². The van der Waals surface area contributed by atoms with Crippen molar-refractivity contribution in [3.63, 3.8) is 0 Å². The van der Waals surface area contributed by atoms with Crippen LogP contribution in [0.3, 0.4) is 0 Å². The molecule has 8 aliphatic rings. The highest BCUT2D eigenvalue weighted by molar-refractivity contribution is 5.81. The number of carbonyl (C=O) groups excluding carboxylic acids is 5. The van der Waals surface area contributed by atoms with Crippen molar-refractivity contribution in [1.82, 2.24) is 40.4 Å². The van der Waals surface area contributed by atoms with E-state index in [-0.39, 0.29) is 30.0 Å². The fourth-order valence-corrected chi connectivity index (χ4v) is 10.3. The number of piperidine rings is 4. The SMILES string of the molecule is CCOC(=O)N1CCC(=O)CC1.CCOC(=O)N1CCC(N2CCC(N3C(=O)NC4CCCC[C@@H]43)CC2)CC1.O=C1NC2CCCC[C@@H]2N1C1CCNCC1. The molecule has 0 aromatic carbocycles. The lowest BCUT2D eigenvalue weighted by Crippen LogP contribution is -2.53. The van der Waals surface area contributed by atoms with Crippen molar-refractivity contribution in [2.24, 2.45) is 0 Å². The highest BCUT2D eigenvalue weighted by Gasteiger charge is 2.45. The molecular formula is C40H68N8O7. The Hall–Kier alpha value is -3.33. The van der Waals surface area contributed by atoms with Crippen molar-refractivity contribution in [2.75, 3.05) is 65.6 Å². The minimum absolute atomic E-state index is 0.170. The molecule has 6 aliphatic heterocycles. The van der Waals surface area contributed by atoms with Gasteiger partial charge >= 0.3 is 24.2 Å². The van der Waals surface area contributed by atoms with Crippen LogP contribution in [-0.4, -0.2) is 162 Å². The number of hydrogen-bond donors (Lipinski definition) is 3. The highest BCUT2D eigenvalue weighted by atomic mass is 16.6. The molecule has 2 unspecified atom stereocenters. The van der Waals surface area contributed by atoms with E-state index in [9.17, 15) is 24.0 Å². The molecule has 55 heavy (non-hydrogen) atoms. The van der Waals surface area contributed by atoms with Crippen molar-refractivity contribution in [1.29, 1.82) is 0 Å². The standard InChI is InChI=1S/C20H34N4O3.C12H21N3O.C8H13NO3/c1-2-27-20(26)23-13-7-15(8-14-23)22-11-9-16(10-12-22)24-18-6-4-3-5-17(18)21-19(24)25;16-12-14-10-3-1-2-4-11(10)15(12)9-5-7-13-8-6-9;1-2-12-8(11)9-5-3-7(10)4-6-9/h15-18H,2-14H2,1H3,(H,21,25);9-11,13H,1-8H2,(H,14,16);2-6H2,1H3/t17?,18-;10?,11-;/m00./s1. The Labute approximate surface area is 327 Å². The fourth-order valence-electron chi connectivity index (χ4n) is 10.3. The zero-order valence-corrected chi connectivity index (χ0v) is 33.5. The fraction of sp³-hybridized carbons (Fsp3) is 0.875. The second-order valence-electron chi connectivity index (χ2n) is 16.5. The van der Waals surface area contributed by atoms with Crippen LogP contribution in [0, 0.1) is 0 Å². The van der Waals surface area contributed by atoms with Crippen LogP contribution in [-0.2, 0) is 14.3 Å². The molecule has 15 nitrogen and oxygen atoms in total. The van der Waals surface area contributed by atoms with Gasteiger partial charge in [-0.05, 0) is 91.1 Å². The number of ketones is 1. The van der Waals surface area contributed by atoms with E-state index >= 15 is 0 Å². The van der Waals surface area contributed by atoms with Crippen LogP contribution < -0.4 is 16.0 Å². The Morgan fingerprint density at radius 2 is 1.00 bits per heavy atom. The first kappa shape index (κ1) is 41.3. The molecule has 310 valence electrons. The summed E-state index contributed by atoms with van der Waals surface area (Å²) >= 11 is 0. The molecule has 8 rings (SSSR count). The van der Waals surface area contributed by atoms with E-state index in [1.54, 1.807) is 11.8 Å². The van der Waals surface area contributed by atoms with E-state index < -0.39 is 0 Å². The molecule has 8 fully saturated rings. The van der Waals surface area contributed by atoms with Gasteiger partial charge in [-0.1, -0.05) is 25.7 Å². The van der Waals surface area contributed by atoms with Gasteiger partial charge in [0.05, 0.1) is 37.4 Å². The monoisotopic (exact) mass is 773 g/mol. The molecular weight excluding hydrogens is 704 g/mol. The Kier molecular flexibility index (Phi) is 15.2. The molecule has 6 heterocycles. The highest BCUT2D eigenvalue weighted by Crippen LogP contribution is 2.34. The predicted octanol–water partition coefficient (Wildman–Crippen LogP) is 4.29. The van der Waals surface area contributed by atoms with Crippen LogP contribution in [0.4, 0.5) is 19.2 Å². The predicted molar refractivity (Wildman–Crippen MR) is 208 cm³/mol. The Morgan fingerprint density at radius 1 is 0.564 bits per heavy atom. The molecule has 0 aromatic rings. The zero-order valence-electron chi connectivity index (χ0n) is 33.5. The number of nitrogens with one attached hydrogen (secondary N) is 3. The number of fused-ring (bicyclic) bond motifs is 2. The van der Waals surface area contributed by atoms with Gasteiger partial charge in [0.25, 0.3) is 0 Å². The van der Waals surface area contributed by atoms with Crippen LogP contribution in [0.25, 0.3) is 0 Å². The molecule has 2 saturated carbocycles. The number of urea groups is 2. The topological polar surface area (TPSA) is 156 Å². The molecule has 15 heteroatoms. The lowest BCUT2D eigenvalue weighted by Gasteiger charge is -2.44. The number of rotatable bonds is 5. The first-order valence-electron chi connectivity index (χ1n) is 21.7. The molecule has 0 spiro atoms. The maximum Gasteiger partial charge on any atom is 0.409 e. The summed E-state index contributed by atoms with van der Waals surface area (Å²) in [4.78, 5) is 68.7. The van der Waals surface area contributed by atoms with Crippen LogP contribution in [0.15, 0.2) is 0 Å². The third kappa shape index (κ3) is 10.5. The number of likely N-dealkylation sites (tertiary alicyclic amines) is 3. The van der Waals surface area contributed by atoms with Gasteiger partial charge in [-0.15, -0.1) is 0 Å². The summed E-state index contributed by atoms with van der Waals surface area (Å²) in [5.41, 5.74) is 0. The van der Waals surface area contributed by atoms with E-state index in [1.807, 2.05) is 11.8 Å². The molecule has 0 bridgehead atoms. The maximum atomic E-state index is 12.5. The average molecular weight is 773 g/mol. The summed E-state index contributed by atoms with van der Waals surface area (Å²) < 4.78 is 9.91. The van der Waals surface area contributed by atoms with Crippen molar-refractivity contribution < 1.29 is 33.4 Å². The van der Waals surface area contributed by atoms with Gasteiger partial charge in [0.2, 0.25) is 0 Å². The van der Waals surface area contributed by atoms with Crippen LogP contribution in [0.5, 0.6) is 0 Å². The average Bonchev–Trinajstić information content (AvgIpc) is 3.74. The molecule has 6 saturated heterocycles. The second-order valence-corrected chi connectivity index (χ2v) is 16.5. The summed E-state index contributed by atoms with van der Waals surface area (Å²) in [5.74, 6) is 0.232. The summed E-state index contributed by atoms with van der Waals surface area (Å²) in [6.07, 6.45) is 16.7. The Bertz CT molecular complexity index is 1290. The molecule has 6 amide bonds. The van der Waals surface area contributed by atoms with Gasteiger partial charge in [0.15, 0.2) is 0 Å². The Balaban J connectivity index is 0.000000155. The van der Waals surface area contributed by atoms with Crippen molar-refractivity contribution in [3.8, 4) is 0 Å². The number of nitrogens with zero attached hydrogens (tertiary/aromatic N) is 5. The van der Waals surface area contributed by atoms with Gasteiger partial charge < -0.3 is 49.9 Å². The van der Waals surface area contributed by atoms with Gasteiger partial charge in [0, 0.05) is 70.2 Å². The van der Waals surface area contributed by atoms with E-state index in [2.05, 4.69) is 30.7 Å². The molecule has 0 radical (unpaired) electrons. The van der Waals surface area contributed by atoms with Crippen LogP contribution in [0.1, 0.15) is 117 Å². The zero-order chi connectivity index (χ0) is 38.7. The van der Waals surface area contributed by atoms with Crippen molar-refractivity contribution >= 4 is 30.0 Å². The number of amides is 6. The minimum Gasteiger partial charge on any atom is -0.450 e. The van der Waals surface area contributed by atoms with Gasteiger partial charge in [0.1, 0.15) is 5.78 Å². The summed E-state index contributed by atoms with van der Waals surface area (Å²) in [5, 5.41) is 9.76. The number of Topliss-reactive ketones (excluding diaryl/α,β-unsaturated/α-hetero) is 1. The van der Waals surface area contributed by atoms with Gasteiger partial charge in [-0.25, -0.2) is 19.2 Å². The summed E-state index contributed by atoms with van der Waals surface area (Å²) in [7, 11) is 0. The summed E-state index contributed by atoms with van der Waals surface area (Å²) in [6, 6.07) is 3.55. The normalized spacial score (nSPS) is 29.5. The smallest absolute Gasteiger partial charge is 0.409 e. The van der Waals surface area contributed by atoms with Gasteiger partial charge in [-0.3, -0.25) is 4.79 Å². The third-order valence-corrected chi connectivity index (χ3v) is 13.2. The quantitative estimate of drug-likeness (QED) is 0.371. The Morgan fingerprint density at radius 3 is 1.49 bits per heavy atom. The number of ether oxygens (including phenoxy) is 2. The second kappa shape index (κ2) is 20.2. The number of carbonyl (C=O) groups is 5. The van der Waals surface area contributed by atoms with Crippen LogP contribution in [0.2, 0.25) is 0 Å².